The molecule has 0 aromatic heterocycles. The Bertz CT molecular complexity index is 241. The van der Waals surface area contributed by atoms with Gasteiger partial charge in [-0.2, -0.15) is 0 Å². The highest BCUT2D eigenvalue weighted by Crippen LogP contribution is 2.41. The maximum atomic E-state index is 6.08. The molecular formula is C16H31NO. The number of likely N-dealkylation sites (N-methyl/N-ethyl adjacent to an activating group) is 1. The average molecular weight is 253 g/mol. The highest BCUT2D eigenvalue weighted by molar-refractivity contribution is 4.95. The number of hydrogen-bond donors (Lipinski definition) is 1. The summed E-state index contributed by atoms with van der Waals surface area (Å²) < 4.78 is 6.08. The van der Waals surface area contributed by atoms with Gasteiger partial charge < -0.3 is 10.1 Å². The van der Waals surface area contributed by atoms with Gasteiger partial charge in [0.15, 0.2) is 0 Å². The molecule has 2 saturated carbocycles. The first-order valence-corrected chi connectivity index (χ1v) is 7.94. The summed E-state index contributed by atoms with van der Waals surface area (Å²) in [4.78, 5) is 0. The zero-order chi connectivity index (χ0) is 13.1. The summed E-state index contributed by atoms with van der Waals surface area (Å²) in [7, 11) is 2.13. The van der Waals surface area contributed by atoms with Crippen molar-refractivity contribution in [3.8, 4) is 0 Å². The Kier molecular flexibility index (Phi) is 5.08. The quantitative estimate of drug-likeness (QED) is 0.782. The third kappa shape index (κ3) is 3.48. The van der Waals surface area contributed by atoms with Gasteiger partial charge in [0.2, 0.25) is 0 Å². The molecule has 106 valence electrons. The Hall–Kier alpha value is -0.0800. The van der Waals surface area contributed by atoms with E-state index in [9.17, 15) is 0 Å². The van der Waals surface area contributed by atoms with Crippen LogP contribution in [-0.4, -0.2) is 25.8 Å². The summed E-state index contributed by atoms with van der Waals surface area (Å²) in [6, 6.07) is 0.572. The van der Waals surface area contributed by atoms with Gasteiger partial charge in [-0.3, -0.25) is 0 Å². The van der Waals surface area contributed by atoms with E-state index in [-0.39, 0.29) is 0 Å². The Balaban J connectivity index is 2.00. The minimum absolute atomic E-state index is 0.461. The van der Waals surface area contributed by atoms with Crippen molar-refractivity contribution in [2.45, 2.75) is 65.0 Å². The zero-order valence-electron chi connectivity index (χ0n) is 12.6. The van der Waals surface area contributed by atoms with Crippen LogP contribution in [0.1, 0.15) is 52.9 Å². The van der Waals surface area contributed by atoms with Gasteiger partial charge in [-0.1, -0.05) is 13.8 Å². The summed E-state index contributed by atoms with van der Waals surface area (Å²) in [5.74, 6) is 3.41. The molecule has 0 aliphatic heterocycles. The maximum absolute atomic E-state index is 6.08. The smallest absolute Gasteiger partial charge is 0.0758 e. The van der Waals surface area contributed by atoms with Gasteiger partial charge in [-0.25, -0.2) is 0 Å². The lowest BCUT2D eigenvalue weighted by Crippen LogP contribution is -2.48. The predicted molar refractivity (Wildman–Crippen MR) is 76.7 cm³/mol. The molecule has 0 bridgehead atoms. The van der Waals surface area contributed by atoms with E-state index in [0.717, 1.165) is 30.3 Å². The average Bonchev–Trinajstić information content (AvgIpc) is 3.11. The van der Waals surface area contributed by atoms with Crippen molar-refractivity contribution in [3.63, 3.8) is 0 Å². The SMILES string of the molecule is CCOC(C1CC1)C(NC)C1CC(C)CC(C)C1. The standard InChI is InChI=1S/C16H31NO/c1-5-18-16(13-6-7-13)15(17-4)14-9-11(2)8-12(3)10-14/h11-17H,5-10H2,1-4H3. The highest BCUT2D eigenvalue weighted by Gasteiger charge is 2.41. The van der Waals surface area contributed by atoms with Crippen LogP contribution in [0.5, 0.6) is 0 Å². The lowest BCUT2D eigenvalue weighted by atomic mass is 9.72. The van der Waals surface area contributed by atoms with E-state index in [1.807, 2.05) is 0 Å². The van der Waals surface area contributed by atoms with Gasteiger partial charge >= 0.3 is 0 Å². The normalized spacial score (nSPS) is 36.3. The summed E-state index contributed by atoms with van der Waals surface area (Å²) in [6.45, 7) is 7.83. The summed E-state index contributed by atoms with van der Waals surface area (Å²) in [5, 5.41) is 3.59. The first-order chi connectivity index (χ1) is 8.65. The van der Waals surface area contributed by atoms with Crippen LogP contribution < -0.4 is 5.32 Å². The van der Waals surface area contributed by atoms with Crippen molar-refractivity contribution in [1.29, 1.82) is 0 Å². The fourth-order valence-corrected chi connectivity index (χ4v) is 4.12. The molecule has 0 heterocycles. The van der Waals surface area contributed by atoms with Gasteiger partial charge in [0.25, 0.3) is 0 Å². The van der Waals surface area contributed by atoms with Gasteiger partial charge in [-0.15, -0.1) is 0 Å². The third-order valence-corrected chi connectivity index (χ3v) is 4.86. The van der Waals surface area contributed by atoms with Crippen LogP contribution in [0.2, 0.25) is 0 Å². The minimum atomic E-state index is 0.461. The lowest BCUT2D eigenvalue weighted by molar-refractivity contribution is -0.00720. The Morgan fingerprint density at radius 2 is 1.67 bits per heavy atom. The minimum Gasteiger partial charge on any atom is -0.377 e. The first kappa shape index (κ1) is 14.3. The molecule has 2 rings (SSSR count). The van der Waals surface area contributed by atoms with Crippen LogP contribution >= 0.6 is 0 Å². The molecule has 0 saturated heterocycles. The molecule has 2 nitrogen and oxygen atoms in total. The van der Waals surface area contributed by atoms with Crippen LogP contribution in [0.25, 0.3) is 0 Å². The molecule has 0 aromatic carbocycles. The van der Waals surface area contributed by atoms with E-state index in [4.69, 9.17) is 4.74 Å². The zero-order valence-corrected chi connectivity index (χ0v) is 12.6. The largest absolute Gasteiger partial charge is 0.377 e. The molecule has 0 amide bonds. The number of ether oxygens (including phenoxy) is 1. The fourth-order valence-electron chi connectivity index (χ4n) is 4.12. The van der Waals surface area contributed by atoms with Crippen molar-refractivity contribution in [2.24, 2.45) is 23.7 Å². The molecule has 2 fully saturated rings. The van der Waals surface area contributed by atoms with Crippen molar-refractivity contribution in [1.82, 2.24) is 5.32 Å². The molecule has 4 atom stereocenters. The summed E-state index contributed by atoms with van der Waals surface area (Å²) >= 11 is 0. The van der Waals surface area contributed by atoms with Crippen molar-refractivity contribution in [2.75, 3.05) is 13.7 Å². The van der Waals surface area contributed by atoms with Gasteiger partial charge in [-0.05, 0) is 69.7 Å². The Morgan fingerprint density at radius 3 is 2.11 bits per heavy atom. The molecule has 0 radical (unpaired) electrons. The van der Waals surface area contributed by atoms with E-state index in [0.29, 0.717) is 12.1 Å². The van der Waals surface area contributed by atoms with Crippen molar-refractivity contribution >= 4 is 0 Å². The molecule has 0 aromatic rings. The van der Waals surface area contributed by atoms with Crippen LogP contribution in [-0.2, 0) is 4.74 Å². The second kappa shape index (κ2) is 6.38. The highest BCUT2D eigenvalue weighted by atomic mass is 16.5. The molecule has 2 heteroatoms. The van der Waals surface area contributed by atoms with Gasteiger partial charge in [0.1, 0.15) is 0 Å². The van der Waals surface area contributed by atoms with Crippen LogP contribution in [0, 0.1) is 23.7 Å². The third-order valence-electron chi connectivity index (χ3n) is 4.86. The second-order valence-electron chi connectivity index (χ2n) is 6.75. The van der Waals surface area contributed by atoms with E-state index in [1.165, 1.54) is 32.1 Å². The molecule has 2 aliphatic rings. The Labute approximate surface area is 113 Å². The first-order valence-electron chi connectivity index (χ1n) is 7.94. The van der Waals surface area contributed by atoms with E-state index in [2.05, 4.69) is 33.1 Å². The molecule has 1 N–H and O–H groups in total. The van der Waals surface area contributed by atoms with E-state index in [1.54, 1.807) is 0 Å². The molecule has 0 spiro atoms. The predicted octanol–water partition coefficient (Wildman–Crippen LogP) is 3.46. The molecular weight excluding hydrogens is 222 g/mol. The molecule has 2 aliphatic carbocycles. The summed E-state index contributed by atoms with van der Waals surface area (Å²) in [6.07, 6.45) is 7.39. The van der Waals surface area contributed by atoms with Crippen molar-refractivity contribution < 1.29 is 4.74 Å². The molecule has 18 heavy (non-hydrogen) atoms. The van der Waals surface area contributed by atoms with Crippen molar-refractivity contribution in [3.05, 3.63) is 0 Å². The lowest BCUT2D eigenvalue weighted by Gasteiger charge is -2.40. The van der Waals surface area contributed by atoms with Crippen LogP contribution in [0.4, 0.5) is 0 Å². The van der Waals surface area contributed by atoms with Crippen LogP contribution in [0.3, 0.4) is 0 Å². The van der Waals surface area contributed by atoms with Crippen LogP contribution in [0.15, 0.2) is 0 Å². The Morgan fingerprint density at radius 1 is 1.06 bits per heavy atom. The number of nitrogens with one attached hydrogen (secondary N) is 1. The number of hydrogen-bond acceptors (Lipinski definition) is 2. The monoisotopic (exact) mass is 253 g/mol. The maximum Gasteiger partial charge on any atom is 0.0758 e. The molecule has 4 unspecified atom stereocenters. The van der Waals surface area contributed by atoms with Gasteiger partial charge in [0, 0.05) is 12.6 Å². The number of rotatable bonds is 6. The topological polar surface area (TPSA) is 21.3 Å². The second-order valence-corrected chi connectivity index (χ2v) is 6.75. The fraction of sp³-hybridized carbons (Fsp3) is 1.00. The van der Waals surface area contributed by atoms with Gasteiger partial charge in [0.05, 0.1) is 6.10 Å². The van der Waals surface area contributed by atoms with E-state index < -0.39 is 0 Å². The summed E-state index contributed by atoms with van der Waals surface area (Å²) in [5.41, 5.74) is 0. The van der Waals surface area contributed by atoms with E-state index >= 15 is 0 Å².